The van der Waals surface area contributed by atoms with Gasteiger partial charge in [0.15, 0.2) is 12.2 Å². The van der Waals surface area contributed by atoms with Crippen LogP contribution in [-0.2, 0) is 65.4 Å². The maximum Gasteiger partial charge on any atom is 0.472 e. The zero-order valence-electron chi connectivity index (χ0n) is 46.3. The van der Waals surface area contributed by atoms with Crippen LogP contribution in [0.1, 0.15) is 259 Å². The van der Waals surface area contributed by atoms with Gasteiger partial charge in [0.2, 0.25) is 0 Å². The van der Waals surface area contributed by atoms with E-state index in [2.05, 4.69) is 34.6 Å². The van der Waals surface area contributed by atoms with Gasteiger partial charge in [0.1, 0.15) is 19.3 Å². The molecule has 0 aliphatic rings. The number of aliphatic hydroxyl groups excluding tert-OH is 1. The van der Waals surface area contributed by atoms with Crippen molar-refractivity contribution in [1.29, 1.82) is 0 Å². The molecule has 17 nitrogen and oxygen atoms in total. The highest BCUT2D eigenvalue weighted by Crippen LogP contribution is 2.45. The first-order chi connectivity index (χ1) is 35.0. The van der Waals surface area contributed by atoms with Crippen LogP contribution >= 0.6 is 15.6 Å². The van der Waals surface area contributed by atoms with Crippen molar-refractivity contribution < 1.29 is 80.2 Å². The normalized spacial score (nSPS) is 14.5. The van der Waals surface area contributed by atoms with Crippen molar-refractivity contribution in [1.82, 2.24) is 0 Å². The van der Waals surface area contributed by atoms with Crippen LogP contribution in [0.2, 0.25) is 0 Å². The fourth-order valence-corrected chi connectivity index (χ4v) is 9.39. The van der Waals surface area contributed by atoms with E-state index in [1.165, 1.54) is 70.6 Å². The fourth-order valence-electron chi connectivity index (χ4n) is 7.81. The van der Waals surface area contributed by atoms with Crippen LogP contribution in [0.25, 0.3) is 0 Å². The Bertz CT molecular complexity index is 1450. The summed E-state index contributed by atoms with van der Waals surface area (Å²) in [5.41, 5.74) is 0. The van der Waals surface area contributed by atoms with Gasteiger partial charge in [0, 0.05) is 25.7 Å². The summed E-state index contributed by atoms with van der Waals surface area (Å²) in [6.45, 7) is 6.92. The highest BCUT2D eigenvalue weighted by molar-refractivity contribution is 7.47. The third kappa shape index (κ3) is 49.4. The molecule has 0 spiro atoms. The number of unbranched alkanes of at least 4 members (excludes halogenated alkanes) is 26. The first-order valence-electron chi connectivity index (χ1n) is 28.6. The Hall–Kier alpha value is -1.94. The molecular weight excluding hydrogens is 983 g/mol. The number of aliphatic hydroxyl groups is 1. The number of ether oxygens (including phenoxy) is 4. The van der Waals surface area contributed by atoms with Crippen LogP contribution in [0.15, 0.2) is 0 Å². The molecule has 0 saturated heterocycles. The lowest BCUT2D eigenvalue weighted by atomic mass is 10.0. The van der Waals surface area contributed by atoms with Gasteiger partial charge in [-0.25, -0.2) is 9.13 Å². The van der Waals surface area contributed by atoms with Gasteiger partial charge in [-0.15, -0.1) is 0 Å². The van der Waals surface area contributed by atoms with Crippen LogP contribution in [-0.4, -0.2) is 96.7 Å². The lowest BCUT2D eigenvalue weighted by Gasteiger charge is -2.21. The van der Waals surface area contributed by atoms with E-state index in [0.717, 1.165) is 103 Å². The smallest absolute Gasteiger partial charge is 0.462 e. The molecule has 0 aromatic heterocycles. The molecule has 0 aliphatic carbocycles. The SMILES string of the molecule is CCCCCCCCCCCCC(=O)O[C@H](COC(=O)CCCCCCCCC(C)C)COP(=O)(O)OC[C@@H](O)COP(=O)(O)OC[C@@H](COC(=O)CCCCCCC)OC(=O)CCCCCCCCCCC. The Morgan fingerprint density at radius 2 is 0.630 bits per heavy atom. The molecule has 3 N–H and O–H groups in total. The van der Waals surface area contributed by atoms with Crippen molar-refractivity contribution in [3.63, 3.8) is 0 Å². The van der Waals surface area contributed by atoms with Crippen LogP contribution in [0, 0.1) is 5.92 Å². The topological polar surface area (TPSA) is 237 Å². The summed E-state index contributed by atoms with van der Waals surface area (Å²) in [5.74, 6) is -1.48. The number of rotatable bonds is 54. The van der Waals surface area contributed by atoms with Gasteiger partial charge in [-0.2, -0.15) is 0 Å². The summed E-state index contributed by atoms with van der Waals surface area (Å²) in [4.78, 5) is 71.4. The van der Waals surface area contributed by atoms with Crippen molar-refractivity contribution in [2.24, 2.45) is 5.92 Å². The second-order valence-corrected chi connectivity index (χ2v) is 23.0. The monoisotopic (exact) mass is 1090 g/mol. The molecule has 0 aromatic carbocycles. The Kier molecular flexibility index (Phi) is 47.1. The Balaban J connectivity index is 5.18. The zero-order chi connectivity index (χ0) is 54.3. The first-order valence-corrected chi connectivity index (χ1v) is 31.6. The minimum atomic E-state index is -4.93. The van der Waals surface area contributed by atoms with Gasteiger partial charge in [0.25, 0.3) is 0 Å². The molecule has 0 aromatic rings. The van der Waals surface area contributed by atoms with Gasteiger partial charge < -0.3 is 33.8 Å². The van der Waals surface area contributed by atoms with Crippen molar-refractivity contribution >= 4 is 39.5 Å². The molecular formula is C54H104O17P2. The van der Waals surface area contributed by atoms with E-state index in [1.54, 1.807) is 0 Å². The van der Waals surface area contributed by atoms with Gasteiger partial charge in [-0.05, 0) is 31.6 Å². The molecule has 0 rings (SSSR count). The van der Waals surface area contributed by atoms with E-state index >= 15 is 0 Å². The summed E-state index contributed by atoms with van der Waals surface area (Å²) in [6.07, 6.45) is 28.5. The first kappa shape index (κ1) is 71.1. The van der Waals surface area contributed by atoms with E-state index in [0.29, 0.717) is 31.6 Å². The molecule has 0 saturated carbocycles. The summed E-state index contributed by atoms with van der Waals surface area (Å²) >= 11 is 0. The van der Waals surface area contributed by atoms with Gasteiger partial charge in [0.05, 0.1) is 26.4 Å². The zero-order valence-corrected chi connectivity index (χ0v) is 48.0. The number of carbonyl (C=O) groups excluding carboxylic acids is 4. The Labute approximate surface area is 441 Å². The van der Waals surface area contributed by atoms with E-state index in [9.17, 15) is 43.2 Å². The average Bonchev–Trinajstić information content (AvgIpc) is 3.35. The van der Waals surface area contributed by atoms with Crippen molar-refractivity contribution in [2.75, 3.05) is 39.6 Å². The fraction of sp³-hybridized carbons (Fsp3) is 0.926. The minimum absolute atomic E-state index is 0.104. The van der Waals surface area contributed by atoms with E-state index in [1.807, 2.05) is 0 Å². The van der Waals surface area contributed by atoms with Gasteiger partial charge >= 0.3 is 39.5 Å². The van der Waals surface area contributed by atoms with Crippen LogP contribution < -0.4 is 0 Å². The number of hydrogen-bond donors (Lipinski definition) is 3. The van der Waals surface area contributed by atoms with Crippen LogP contribution in [0.4, 0.5) is 0 Å². The third-order valence-electron chi connectivity index (χ3n) is 12.3. The molecule has 73 heavy (non-hydrogen) atoms. The van der Waals surface area contributed by atoms with Crippen molar-refractivity contribution in [3.05, 3.63) is 0 Å². The molecule has 0 aliphatic heterocycles. The second kappa shape index (κ2) is 48.4. The van der Waals surface area contributed by atoms with E-state index < -0.39 is 97.5 Å². The summed E-state index contributed by atoms with van der Waals surface area (Å²) in [7, 11) is -9.85. The largest absolute Gasteiger partial charge is 0.472 e. The Morgan fingerprint density at radius 3 is 0.932 bits per heavy atom. The highest BCUT2D eigenvalue weighted by atomic mass is 31.2. The predicted molar refractivity (Wildman–Crippen MR) is 285 cm³/mol. The molecule has 2 unspecified atom stereocenters. The van der Waals surface area contributed by atoms with Gasteiger partial charge in [-0.1, -0.05) is 208 Å². The second-order valence-electron chi connectivity index (χ2n) is 20.1. The van der Waals surface area contributed by atoms with Crippen LogP contribution in [0.5, 0.6) is 0 Å². The lowest BCUT2D eigenvalue weighted by molar-refractivity contribution is -0.161. The molecule has 0 bridgehead atoms. The predicted octanol–water partition coefficient (Wildman–Crippen LogP) is 13.9. The molecule has 0 fully saturated rings. The standard InChI is InChI=1S/C54H104O17P2/c1-6-9-12-15-17-19-21-23-30-35-40-54(59)71-50(44-65-52(57)38-33-28-25-24-27-31-36-47(4)5)46-69-73(62,63)67-42-48(55)41-66-72(60,61)68-45-49(43-64-51(56)37-32-26-14-11-8-3)70-53(58)39-34-29-22-20-18-16-13-10-7-2/h47-50,55H,6-46H2,1-5H3,(H,60,61)(H,62,63)/t48-,49+,50+/m0/s1. The van der Waals surface area contributed by atoms with Crippen LogP contribution in [0.3, 0.4) is 0 Å². The number of esters is 4. The van der Waals surface area contributed by atoms with Gasteiger partial charge in [-0.3, -0.25) is 37.3 Å². The number of hydrogen-bond acceptors (Lipinski definition) is 15. The number of phosphoric ester groups is 2. The molecule has 0 heterocycles. The van der Waals surface area contributed by atoms with Crippen molar-refractivity contribution in [3.8, 4) is 0 Å². The lowest BCUT2D eigenvalue weighted by Crippen LogP contribution is -2.30. The summed E-state index contributed by atoms with van der Waals surface area (Å²) in [6, 6.07) is 0. The third-order valence-corrected chi connectivity index (χ3v) is 14.2. The number of phosphoric acid groups is 2. The maximum absolute atomic E-state index is 12.9. The molecule has 0 radical (unpaired) electrons. The quantitative estimate of drug-likeness (QED) is 0.0222. The molecule has 432 valence electrons. The molecule has 19 heteroatoms. The Morgan fingerprint density at radius 1 is 0.370 bits per heavy atom. The van der Waals surface area contributed by atoms with E-state index in [-0.39, 0.29) is 25.7 Å². The summed E-state index contributed by atoms with van der Waals surface area (Å²) < 4.78 is 67.3. The van der Waals surface area contributed by atoms with Crippen molar-refractivity contribution in [2.45, 2.75) is 278 Å². The molecule has 5 atom stereocenters. The summed E-state index contributed by atoms with van der Waals surface area (Å²) in [5, 5.41) is 10.4. The minimum Gasteiger partial charge on any atom is -0.462 e. The maximum atomic E-state index is 12.9. The average molecular weight is 1090 g/mol. The van der Waals surface area contributed by atoms with E-state index in [4.69, 9.17) is 37.0 Å². The number of carbonyl (C=O) groups is 4. The molecule has 0 amide bonds. The highest BCUT2D eigenvalue weighted by Gasteiger charge is 2.30.